The molecule has 0 saturated heterocycles. The van der Waals surface area contributed by atoms with E-state index in [9.17, 15) is 0 Å². The number of aromatic nitrogens is 1. The molecule has 7 rings (SSSR count). The topological polar surface area (TPSA) is 45.6 Å². The molecule has 5 aromatic rings. The molecule has 368 valence electrons. The normalized spacial score (nSPS) is 16.3. The van der Waals surface area contributed by atoms with Gasteiger partial charge in [0.25, 0.3) is 11.8 Å². The molecular weight excluding hydrogens is 843 g/mol. The highest BCUT2D eigenvalue weighted by Gasteiger charge is 2.43. The number of hydrogen-bond acceptors (Lipinski definition) is 2. The molecule has 0 bridgehead atoms. The fraction of sp³-hybridized carbons (Fsp3) is 0.500. The maximum Gasteiger partial charge on any atom is 0.259 e. The summed E-state index contributed by atoms with van der Waals surface area (Å²) in [4.78, 5) is 34.3. The molecule has 3 heterocycles. The van der Waals surface area contributed by atoms with Crippen LogP contribution in [-0.2, 0) is 21.5 Å². The number of carbonyl (C=O) groups excluding carboxylic acids is 2. The second-order valence-corrected chi connectivity index (χ2v) is 22.7. The summed E-state index contributed by atoms with van der Waals surface area (Å²) in [5, 5.41) is 2.58. The first-order valence-corrected chi connectivity index (χ1v) is 27.2. The van der Waals surface area contributed by atoms with E-state index < -0.39 is 0 Å². The van der Waals surface area contributed by atoms with Gasteiger partial charge >= 0.3 is 0 Å². The van der Waals surface area contributed by atoms with E-state index >= 15 is 9.59 Å². The van der Waals surface area contributed by atoms with Crippen molar-refractivity contribution in [2.24, 2.45) is 17.3 Å². The number of aryl methyl sites for hydroxylation is 1. The monoisotopic (exact) mass is 928 g/mol. The van der Waals surface area contributed by atoms with Gasteiger partial charge in [0.15, 0.2) is 0 Å². The van der Waals surface area contributed by atoms with Crippen LogP contribution >= 0.6 is 0 Å². The Morgan fingerprint density at radius 2 is 0.971 bits per heavy atom. The van der Waals surface area contributed by atoms with E-state index in [-0.39, 0.29) is 22.6 Å². The lowest BCUT2D eigenvalue weighted by molar-refractivity contribution is -0.114. The van der Waals surface area contributed by atoms with Crippen molar-refractivity contribution in [3.05, 3.63) is 112 Å². The summed E-state index contributed by atoms with van der Waals surface area (Å²) in [6.07, 6.45) is 25.4. The number of anilines is 2. The number of allylic oxidation sites excluding steroid dienone is 1. The fourth-order valence-corrected chi connectivity index (χ4v) is 10.6. The summed E-state index contributed by atoms with van der Waals surface area (Å²) in [7, 11) is 0. The van der Waals surface area contributed by atoms with Gasteiger partial charge in [-0.15, -0.1) is 0 Å². The van der Waals surface area contributed by atoms with Gasteiger partial charge in [-0.05, 0) is 101 Å². The third kappa shape index (κ3) is 11.9. The molecule has 0 aliphatic carbocycles. The van der Waals surface area contributed by atoms with E-state index in [0.29, 0.717) is 36.1 Å². The van der Waals surface area contributed by atoms with Crippen LogP contribution < -0.4 is 9.80 Å². The lowest BCUT2D eigenvalue weighted by Gasteiger charge is -2.25. The van der Waals surface area contributed by atoms with Crippen LogP contribution in [0.1, 0.15) is 199 Å². The number of carbonyl (C=O) groups is 2. The van der Waals surface area contributed by atoms with Crippen molar-refractivity contribution in [2.75, 3.05) is 22.9 Å². The molecule has 4 aromatic carbocycles. The van der Waals surface area contributed by atoms with E-state index in [1.165, 1.54) is 71.5 Å². The number of nitrogens with zero attached hydrogens (tertiary/aromatic N) is 3. The molecule has 0 spiro atoms. The number of hydrogen-bond donors (Lipinski definition) is 0. The molecule has 2 aliphatic heterocycles. The first-order chi connectivity index (χ1) is 33.1. The third-order valence-corrected chi connectivity index (χ3v) is 15.0. The molecule has 2 unspecified atom stereocenters. The Hall–Kier alpha value is -5.16. The van der Waals surface area contributed by atoms with Gasteiger partial charge < -0.3 is 14.4 Å². The summed E-state index contributed by atoms with van der Waals surface area (Å²) in [5.74, 6) is 0.675. The van der Waals surface area contributed by atoms with E-state index in [2.05, 4.69) is 178 Å². The number of unbranched alkanes of at least 4 members (excludes halogenated alkanes) is 7. The van der Waals surface area contributed by atoms with Crippen molar-refractivity contribution >= 4 is 74.4 Å². The number of rotatable bonds is 22. The van der Waals surface area contributed by atoms with Crippen molar-refractivity contribution in [2.45, 2.75) is 178 Å². The lowest BCUT2D eigenvalue weighted by atomic mass is 9.85. The molecule has 0 saturated carbocycles. The minimum atomic E-state index is -0.0823. The minimum Gasteiger partial charge on any atom is -0.340 e. The molecule has 5 nitrogen and oxygen atoms in total. The predicted molar refractivity (Wildman–Crippen MR) is 300 cm³/mol. The second-order valence-electron chi connectivity index (χ2n) is 22.7. The molecule has 69 heavy (non-hydrogen) atoms. The van der Waals surface area contributed by atoms with Gasteiger partial charge in [-0.2, -0.15) is 0 Å². The van der Waals surface area contributed by atoms with Gasteiger partial charge in [0.1, 0.15) is 0 Å². The van der Waals surface area contributed by atoms with Crippen molar-refractivity contribution in [3.63, 3.8) is 0 Å². The van der Waals surface area contributed by atoms with Crippen LogP contribution in [0.25, 0.3) is 51.2 Å². The Kier molecular flexibility index (Phi) is 17.0. The maximum absolute atomic E-state index is 15.2. The molecule has 2 amide bonds. The van der Waals surface area contributed by atoms with Gasteiger partial charge in [0, 0.05) is 52.6 Å². The zero-order chi connectivity index (χ0) is 49.5. The highest BCUT2D eigenvalue weighted by molar-refractivity contribution is 6.50. The minimum absolute atomic E-state index is 0.0368. The Balaban J connectivity index is 1.29. The molecule has 0 N–H and O–H groups in total. The smallest absolute Gasteiger partial charge is 0.259 e. The van der Waals surface area contributed by atoms with Crippen LogP contribution in [-0.4, -0.2) is 29.5 Å². The van der Waals surface area contributed by atoms with Crippen LogP contribution in [0.5, 0.6) is 0 Å². The first-order valence-electron chi connectivity index (χ1n) is 27.2. The number of benzene rings is 4. The van der Waals surface area contributed by atoms with Crippen LogP contribution in [0.3, 0.4) is 0 Å². The largest absolute Gasteiger partial charge is 0.340 e. The molecule has 2 atom stereocenters. The summed E-state index contributed by atoms with van der Waals surface area (Å²) >= 11 is 0. The van der Waals surface area contributed by atoms with E-state index in [1.807, 2.05) is 9.80 Å². The maximum atomic E-state index is 15.2. The zero-order valence-corrected chi connectivity index (χ0v) is 44.6. The zero-order valence-electron chi connectivity index (χ0n) is 44.6. The van der Waals surface area contributed by atoms with Crippen molar-refractivity contribution in [1.82, 2.24) is 4.57 Å². The summed E-state index contributed by atoms with van der Waals surface area (Å²) in [5.41, 5.74) is 12.0. The van der Waals surface area contributed by atoms with Crippen molar-refractivity contribution in [3.8, 4) is 0 Å². The SMILES string of the molecule is CCCCCCCCn1c2ccc(/C=C/c3ccc4c(c3)N(CC(CC)CCCC)C(=O)/C4=C3/C(=O)N(CC(CC)CCCC)c4cc(C(C)(C)C)ccc43)cc2c2cc(/C=C/C(C)(C)C)ccc21. The number of amides is 2. The molecular formula is C64H85N3O2. The standard InChI is InChI=1S/C64H85N3O2/c1-12-17-20-21-22-23-38-65-55-34-29-47(39-53(55)54-40-49(30-35-56(54)65)36-37-63(6,7)8)26-27-48-28-32-51-57(41-48)66(43-45(15-4)24-18-13-2)61(68)59(51)60-52-33-31-50(64(9,10)11)42-58(52)67(62(60)69)44-46(16-5)25-19-14-3/h26-37,39-42,45-46H,12-25,38,43-44H2,1-11H3/b27-26+,37-36+,60-59+. The lowest BCUT2D eigenvalue weighted by Crippen LogP contribution is -2.34. The first kappa shape index (κ1) is 51.7. The van der Waals surface area contributed by atoms with E-state index in [4.69, 9.17) is 0 Å². The molecule has 2 aliphatic rings. The van der Waals surface area contributed by atoms with Crippen LogP contribution in [0.4, 0.5) is 11.4 Å². The summed E-state index contributed by atoms with van der Waals surface area (Å²) in [6.45, 7) is 27.0. The summed E-state index contributed by atoms with van der Waals surface area (Å²) < 4.78 is 2.54. The highest BCUT2D eigenvalue weighted by Crippen LogP contribution is 2.49. The van der Waals surface area contributed by atoms with E-state index in [1.54, 1.807) is 0 Å². The van der Waals surface area contributed by atoms with Crippen LogP contribution in [0.15, 0.2) is 78.9 Å². The molecule has 1 aromatic heterocycles. The van der Waals surface area contributed by atoms with Crippen molar-refractivity contribution in [1.29, 1.82) is 0 Å². The average Bonchev–Trinajstić information content (AvgIpc) is 3.89. The van der Waals surface area contributed by atoms with Crippen LogP contribution in [0, 0.1) is 17.3 Å². The van der Waals surface area contributed by atoms with E-state index in [0.717, 1.165) is 91.5 Å². The van der Waals surface area contributed by atoms with Gasteiger partial charge in [-0.1, -0.05) is 207 Å². The molecule has 0 radical (unpaired) electrons. The highest BCUT2D eigenvalue weighted by atomic mass is 16.2. The Labute approximate surface area is 417 Å². The molecule has 5 heteroatoms. The van der Waals surface area contributed by atoms with Gasteiger partial charge in [0.2, 0.25) is 0 Å². The van der Waals surface area contributed by atoms with Gasteiger partial charge in [-0.25, -0.2) is 0 Å². The second kappa shape index (κ2) is 22.7. The Bertz CT molecular complexity index is 2690. The van der Waals surface area contributed by atoms with Gasteiger partial charge in [0.05, 0.1) is 22.5 Å². The number of fused-ring (bicyclic) bond motifs is 5. The fourth-order valence-electron chi connectivity index (χ4n) is 10.6. The summed E-state index contributed by atoms with van der Waals surface area (Å²) in [6, 6.07) is 26.9. The quantitative estimate of drug-likeness (QED) is 0.0394. The van der Waals surface area contributed by atoms with Crippen LogP contribution in [0.2, 0.25) is 0 Å². The van der Waals surface area contributed by atoms with Gasteiger partial charge in [-0.3, -0.25) is 9.59 Å². The third-order valence-electron chi connectivity index (χ3n) is 15.0. The molecule has 0 fully saturated rings. The Morgan fingerprint density at radius 1 is 0.507 bits per heavy atom. The Morgan fingerprint density at radius 3 is 1.48 bits per heavy atom. The predicted octanol–water partition coefficient (Wildman–Crippen LogP) is 17.7. The van der Waals surface area contributed by atoms with Crippen molar-refractivity contribution < 1.29 is 9.59 Å². The average molecular weight is 928 g/mol.